The van der Waals surface area contributed by atoms with Gasteiger partial charge < -0.3 is 14.2 Å². The van der Waals surface area contributed by atoms with Crippen LogP contribution in [0, 0.1) is 29.6 Å². The van der Waals surface area contributed by atoms with Crippen molar-refractivity contribution < 1.29 is 33.4 Å². The van der Waals surface area contributed by atoms with Gasteiger partial charge in [0.25, 0.3) is 0 Å². The first kappa shape index (κ1) is 17.4. The Balaban J connectivity index is 1.76. The molecule has 0 bridgehead atoms. The van der Waals surface area contributed by atoms with E-state index in [0.717, 1.165) is 5.57 Å². The van der Waals surface area contributed by atoms with Crippen molar-refractivity contribution in [3.05, 3.63) is 11.1 Å². The summed E-state index contributed by atoms with van der Waals surface area (Å²) in [6.07, 6.45) is 1.42. The molecule has 26 heavy (non-hydrogen) atoms. The topological polar surface area (TPSA) is 96.0 Å². The number of esters is 3. The predicted octanol–water partition coefficient (Wildman–Crippen LogP) is 1.20. The number of Topliss-reactive ketones (excluding diaryl/α,β-unsaturated/α-hetero) is 1. The molecule has 2 saturated carbocycles. The fourth-order valence-corrected chi connectivity index (χ4v) is 5.47. The van der Waals surface area contributed by atoms with Crippen molar-refractivity contribution >= 4 is 23.7 Å². The van der Waals surface area contributed by atoms with E-state index in [1.54, 1.807) is 14.0 Å². The predicted molar refractivity (Wildman–Crippen MR) is 86.5 cm³/mol. The van der Waals surface area contributed by atoms with Gasteiger partial charge in [-0.2, -0.15) is 0 Å². The molecule has 0 N–H and O–H groups in total. The summed E-state index contributed by atoms with van der Waals surface area (Å²) in [5, 5.41) is 0. The third kappa shape index (κ3) is 2.44. The van der Waals surface area contributed by atoms with E-state index in [-0.39, 0.29) is 49.1 Å². The van der Waals surface area contributed by atoms with Crippen LogP contribution >= 0.6 is 0 Å². The highest BCUT2D eigenvalue weighted by Crippen LogP contribution is 2.58. The molecule has 1 aliphatic heterocycles. The van der Waals surface area contributed by atoms with E-state index in [9.17, 15) is 19.2 Å². The number of ether oxygens (including phenoxy) is 3. The van der Waals surface area contributed by atoms with Gasteiger partial charge in [0.15, 0.2) is 5.78 Å². The maximum atomic E-state index is 12.8. The lowest BCUT2D eigenvalue weighted by atomic mass is 9.64. The molecule has 4 aliphatic rings. The Hall–Kier alpha value is -2.02. The molecule has 1 heterocycles. The van der Waals surface area contributed by atoms with Crippen molar-refractivity contribution in [1.29, 1.82) is 0 Å². The van der Waals surface area contributed by atoms with E-state index in [1.807, 2.05) is 0 Å². The van der Waals surface area contributed by atoms with E-state index in [4.69, 9.17) is 14.2 Å². The van der Waals surface area contributed by atoms with Gasteiger partial charge >= 0.3 is 17.9 Å². The summed E-state index contributed by atoms with van der Waals surface area (Å²) >= 11 is 0. The molecule has 0 amide bonds. The third-order valence-electron chi connectivity index (χ3n) is 6.37. The number of ketones is 1. The second-order valence-corrected chi connectivity index (χ2v) is 7.56. The molecular formula is C19H22O7. The molecule has 140 valence electrons. The summed E-state index contributed by atoms with van der Waals surface area (Å²) in [6, 6.07) is 0. The molecule has 3 aliphatic carbocycles. The quantitative estimate of drug-likeness (QED) is 0.547. The van der Waals surface area contributed by atoms with E-state index in [0.29, 0.717) is 18.4 Å². The summed E-state index contributed by atoms with van der Waals surface area (Å²) in [5.41, 5.74) is 1.59. The first-order valence-corrected chi connectivity index (χ1v) is 9.16. The van der Waals surface area contributed by atoms with Crippen molar-refractivity contribution in [3.63, 3.8) is 0 Å². The Morgan fingerprint density at radius 3 is 2.54 bits per heavy atom. The molecule has 1 saturated heterocycles. The number of cyclic esters (lactones) is 2. The number of rotatable bonds is 4. The lowest BCUT2D eigenvalue weighted by Gasteiger charge is -2.35. The van der Waals surface area contributed by atoms with Gasteiger partial charge in [-0.15, -0.1) is 0 Å². The summed E-state index contributed by atoms with van der Waals surface area (Å²) in [5.74, 6) is -3.65. The monoisotopic (exact) mass is 362 g/mol. The average Bonchev–Trinajstić information content (AvgIpc) is 3.22. The fourth-order valence-electron chi connectivity index (χ4n) is 5.47. The van der Waals surface area contributed by atoms with Crippen LogP contribution in [0.25, 0.3) is 0 Å². The second-order valence-electron chi connectivity index (χ2n) is 7.56. The zero-order valence-electron chi connectivity index (χ0n) is 14.9. The number of allylic oxidation sites excluding steroid dienone is 1. The maximum absolute atomic E-state index is 12.8. The molecular weight excluding hydrogens is 340 g/mol. The summed E-state index contributed by atoms with van der Waals surface area (Å²) in [6.45, 7) is 1.99. The summed E-state index contributed by atoms with van der Waals surface area (Å²) in [7, 11) is 1.61. The van der Waals surface area contributed by atoms with Crippen molar-refractivity contribution in [1.82, 2.24) is 0 Å². The molecule has 7 nitrogen and oxygen atoms in total. The van der Waals surface area contributed by atoms with Crippen LogP contribution in [-0.2, 0) is 33.4 Å². The van der Waals surface area contributed by atoms with Gasteiger partial charge in [-0.1, -0.05) is 5.57 Å². The lowest BCUT2D eigenvalue weighted by molar-refractivity contribution is -0.154. The fraction of sp³-hybridized carbons (Fsp3) is 0.684. The number of carbonyl (C=O) groups excluding carboxylic acids is 4. The van der Waals surface area contributed by atoms with Gasteiger partial charge in [0.1, 0.15) is 0 Å². The zero-order valence-corrected chi connectivity index (χ0v) is 14.9. The number of carbonyl (C=O) groups is 4. The second kappa shape index (κ2) is 6.30. The molecule has 0 aromatic heterocycles. The van der Waals surface area contributed by atoms with Crippen molar-refractivity contribution in [3.8, 4) is 0 Å². The van der Waals surface area contributed by atoms with Crippen LogP contribution in [0.1, 0.15) is 32.6 Å². The molecule has 4 rings (SSSR count). The number of hydrogen-bond donors (Lipinski definition) is 0. The molecule has 6 atom stereocenters. The molecule has 0 aromatic carbocycles. The van der Waals surface area contributed by atoms with Crippen molar-refractivity contribution in [2.24, 2.45) is 29.6 Å². The minimum atomic E-state index is -0.673. The van der Waals surface area contributed by atoms with E-state index in [1.165, 1.54) is 0 Å². The van der Waals surface area contributed by atoms with Crippen LogP contribution in [-0.4, -0.2) is 43.5 Å². The maximum Gasteiger partial charge on any atom is 0.318 e. The van der Waals surface area contributed by atoms with Crippen LogP contribution in [0.5, 0.6) is 0 Å². The van der Waals surface area contributed by atoms with Gasteiger partial charge in [-0.25, -0.2) is 0 Å². The highest BCUT2D eigenvalue weighted by atomic mass is 16.6. The minimum Gasteiger partial charge on any atom is -0.466 e. The largest absolute Gasteiger partial charge is 0.466 e. The highest BCUT2D eigenvalue weighted by molar-refractivity contribution is 6.05. The average molecular weight is 362 g/mol. The minimum absolute atomic E-state index is 0.0216. The number of hydrogen-bond acceptors (Lipinski definition) is 7. The smallest absolute Gasteiger partial charge is 0.318 e. The van der Waals surface area contributed by atoms with Crippen LogP contribution in [0.2, 0.25) is 0 Å². The lowest BCUT2D eigenvalue weighted by Crippen LogP contribution is -2.39. The highest BCUT2D eigenvalue weighted by Gasteiger charge is 2.62. The summed E-state index contributed by atoms with van der Waals surface area (Å²) in [4.78, 5) is 49.6. The van der Waals surface area contributed by atoms with Gasteiger partial charge in [-0.3, -0.25) is 19.2 Å². The molecule has 3 fully saturated rings. The first-order valence-electron chi connectivity index (χ1n) is 9.16. The van der Waals surface area contributed by atoms with Crippen LogP contribution in [0.3, 0.4) is 0 Å². The SMILES string of the molecule is CCOC(=O)C[C@@H]1CC(=O)C2=C3C[C@H](OC)C[C@H]3[C@H]3C(=O)OC(=O)[C@H]3[C@H]21. The van der Waals surface area contributed by atoms with Gasteiger partial charge in [0, 0.05) is 25.9 Å². The Bertz CT molecular complexity index is 721. The van der Waals surface area contributed by atoms with Gasteiger partial charge in [-0.05, 0) is 37.2 Å². The first-order chi connectivity index (χ1) is 12.5. The van der Waals surface area contributed by atoms with E-state index < -0.39 is 29.7 Å². The molecule has 0 unspecified atom stereocenters. The van der Waals surface area contributed by atoms with Crippen LogP contribution in [0.15, 0.2) is 11.1 Å². The standard InChI is InChI=1S/C19H22O7/c1-3-25-13(21)5-8-4-12(20)15-10-6-9(24-2)7-11(10)16-17(14(8)15)19(23)26-18(16)22/h8-9,11,14,16-17H,3-7H2,1-2H3/t8-,9-,11+,14-,16+,17-/m0/s1. The Morgan fingerprint density at radius 2 is 1.85 bits per heavy atom. The zero-order chi connectivity index (χ0) is 18.6. The van der Waals surface area contributed by atoms with Crippen LogP contribution in [0.4, 0.5) is 0 Å². The third-order valence-corrected chi connectivity index (χ3v) is 6.37. The Morgan fingerprint density at radius 1 is 1.12 bits per heavy atom. The van der Waals surface area contributed by atoms with Crippen LogP contribution < -0.4 is 0 Å². The Kier molecular flexibility index (Phi) is 4.22. The number of fused-ring (bicyclic) bond motifs is 5. The van der Waals surface area contributed by atoms with E-state index in [2.05, 4.69) is 0 Å². The Labute approximate surface area is 151 Å². The van der Waals surface area contributed by atoms with Gasteiger partial charge in [0.2, 0.25) is 0 Å². The van der Waals surface area contributed by atoms with Crippen molar-refractivity contribution in [2.75, 3.05) is 13.7 Å². The molecule has 0 aromatic rings. The summed E-state index contributed by atoms with van der Waals surface area (Å²) < 4.78 is 15.5. The van der Waals surface area contributed by atoms with Gasteiger partial charge in [0.05, 0.1) is 24.5 Å². The molecule has 0 radical (unpaired) electrons. The molecule has 0 spiro atoms. The normalized spacial score (nSPS) is 38.2. The molecule has 7 heteroatoms. The van der Waals surface area contributed by atoms with Crippen molar-refractivity contribution in [2.45, 2.75) is 38.7 Å². The van der Waals surface area contributed by atoms with E-state index >= 15 is 0 Å². The number of methoxy groups -OCH3 is 1.